The van der Waals surface area contributed by atoms with Gasteiger partial charge >= 0.3 is 0 Å². The number of hydrogen-bond acceptors (Lipinski definition) is 6. The lowest BCUT2D eigenvalue weighted by Crippen LogP contribution is -2.36. The maximum atomic E-state index is 14.4. The van der Waals surface area contributed by atoms with E-state index in [9.17, 15) is 9.18 Å². The van der Waals surface area contributed by atoms with Crippen molar-refractivity contribution >= 4 is 28.7 Å². The van der Waals surface area contributed by atoms with Gasteiger partial charge < -0.3 is 14.1 Å². The normalized spacial score (nSPS) is 18.0. The SMILES string of the molecule is O=C(NCc1ncn2ccc(Cl)c(F)c12)C1CN(Cc2cn3cc(C4CC4)ccc3n2)N=N1. The molecule has 1 saturated carbocycles. The number of halogens is 2. The van der Waals surface area contributed by atoms with Crippen LogP contribution >= 0.6 is 11.6 Å². The lowest BCUT2D eigenvalue weighted by molar-refractivity contribution is -0.122. The van der Waals surface area contributed by atoms with Crippen LogP contribution in [-0.4, -0.2) is 42.3 Å². The first-order chi connectivity index (χ1) is 16.0. The fraction of sp³-hybridized carbons (Fsp3) is 0.318. The highest BCUT2D eigenvalue weighted by molar-refractivity contribution is 6.31. The molecule has 2 aliphatic rings. The highest BCUT2D eigenvalue weighted by atomic mass is 35.5. The number of aromatic nitrogens is 4. The maximum Gasteiger partial charge on any atom is 0.249 e. The van der Waals surface area contributed by atoms with Crippen LogP contribution in [0.1, 0.15) is 35.7 Å². The lowest BCUT2D eigenvalue weighted by Gasteiger charge is -2.12. The van der Waals surface area contributed by atoms with Gasteiger partial charge in [-0.3, -0.25) is 9.80 Å². The molecule has 168 valence electrons. The van der Waals surface area contributed by atoms with Gasteiger partial charge in [0.2, 0.25) is 5.91 Å². The number of fused-ring (bicyclic) bond motifs is 2. The van der Waals surface area contributed by atoms with E-state index >= 15 is 0 Å². The standard InChI is InChI=1S/C22H20ClFN8O/c23-16-5-6-30-12-26-17(21(30)20(16)24)7-25-22(33)18-11-32(29-28-18)10-15-9-31-8-14(13-1-2-13)3-4-19(31)27-15/h3-6,8-9,12-13,18H,1-2,7,10-11H2,(H,25,33). The highest BCUT2D eigenvalue weighted by Gasteiger charge is 2.27. The van der Waals surface area contributed by atoms with E-state index in [0.29, 0.717) is 24.7 Å². The molecule has 0 saturated heterocycles. The number of imidazole rings is 2. The average Bonchev–Trinajstić information content (AvgIpc) is 3.23. The summed E-state index contributed by atoms with van der Waals surface area (Å²) >= 11 is 5.87. The zero-order valence-corrected chi connectivity index (χ0v) is 18.3. The van der Waals surface area contributed by atoms with Gasteiger partial charge in [0.1, 0.15) is 11.2 Å². The smallest absolute Gasteiger partial charge is 0.249 e. The minimum absolute atomic E-state index is 0.00604. The molecule has 0 radical (unpaired) electrons. The molecule has 1 aliphatic carbocycles. The molecule has 1 fully saturated rings. The van der Waals surface area contributed by atoms with Crippen LogP contribution in [0.2, 0.25) is 5.02 Å². The number of amides is 1. The molecule has 0 aromatic carbocycles. The maximum absolute atomic E-state index is 14.4. The van der Waals surface area contributed by atoms with E-state index in [1.807, 2.05) is 16.7 Å². The highest BCUT2D eigenvalue weighted by Crippen LogP contribution is 2.39. The van der Waals surface area contributed by atoms with Crippen molar-refractivity contribution in [2.75, 3.05) is 6.54 Å². The van der Waals surface area contributed by atoms with Crippen molar-refractivity contribution in [3.8, 4) is 0 Å². The molecule has 4 aromatic rings. The van der Waals surface area contributed by atoms with Crippen molar-refractivity contribution in [3.63, 3.8) is 0 Å². The van der Waals surface area contributed by atoms with Crippen LogP contribution in [0.4, 0.5) is 4.39 Å². The Balaban J connectivity index is 1.08. The van der Waals surface area contributed by atoms with E-state index in [4.69, 9.17) is 11.6 Å². The zero-order valence-electron chi connectivity index (χ0n) is 17.5. The van der Waals surface area contributed by atoms with Crippen LogP contribution < -0.4 is 5.32 Å². The third kappa shape index (κ3) is 3.80. The Hall–Kier alpha value is -3.53. The molecule has 4 aromatic heterocycles. The fourth-order valence-electron chi connectivity index (χ4n) is 4.13. The van der Waals surface area contributed by atoms with Crippen LogP contribution in [0.3, 0.4) is 0 Å². The first kappa shape index (κ1) is 20.1. The third-order valence-electron chi connectivity index (χ3n) is 6.02. The molecular weight excluding hydrogens is 447 g/mol. The molecule has 9 nitrogen and oxygen atoms in total. The van der Waals surface area contributed by atoms with Crippen molar-refractivity contribution in [1.29, 1.82) is 0 Å². The molecule has 0 spiro atoms. The van der Waals surface area contributed by atoms with Crippen molar-refractivity contribution in [2.24, 2.45) is 10.3 Å². The summed E-state index contributed by atoms with van der Waals surface area (Å²) in [6, 6.07) is 4.99. The van der Waals surface area contributed by atoms with Gasteiger partial charge in [-0.2, -0.15) is 5.11 Å². The molecule has 1 amide bonds. The fourth-order valence-corrected chi connectivity index (χ4v) is 4.27. The first-order valence-electron chi connectivity index (χ1n) is 10.8. The van der Waals surface area contributed by atoms with Gasteiger partial charge in [0.05, 0.1) is 42.4 Å². The molecule has 5 heterocycles. The Morgan fingerprint density at radius 3 is 2.94 bits per heavy atom. The molecule has 1 unspecified atom stereocenters. The molecule has 0 bridgehead atoms. The number of nitrogens with zero attached hydrogens (tertiary/aromatic N) is 7. The Morgan fingerprint density at radius 1 is 1.21 bits per heavy atom. The van der Waals surface area contributed by atoms with Gasteiger partial charge in [0, 0.05) is 18.6 Å². The van der Waals surface area contributed by atoms with Crippen molar-refractivity contribution < 1.29 is 9.18 Å². The summed E-state index contributed by atoms with van der Waals surface area (Å²) in [6.07, 6.45) is 9.74. The van der Waals surface area contributed by atoms with Crippen molar-refractivity contribution in [1.82, 2.24) is 29.1 Å². The van der Waals surface area contributed by atoms with Gasteiger partial charge in [-0.25, -0.2) is 14.4 Å². The minimum atomic E-state index is -0.647. The number of carbonyl (C=O) groups is 1. The predicted molar refractivity (Wildman–Crippen MR) is 118 cm³/mol. The van der Waals surface area contributed by atoms with Crippen LogP contribution in [0, 0.1) is 5.82 Å². The Kier molecular flexibility index (Phi) is 4.75. The summed E-state index contributed by atoms with van der Waals surface area (Å²) in [5, 5.41) is 12.7. The van der Waals surface area contributed by atoms with E-state index < -0.39 is 11.9 Å². The second kappa shape index (κ2) is 7.80. The number of hydrogen-bond donors (Lipinski definition) is 1. The van der Waals surface area contributed by atoms with Crippen LogP contribution in [0.15, 0.2) is 53.5 Å². The van der Waals surface area contributed by atoms with Gasteiger partial charge in [-0.15, -0.1) is 0 Å². The second-order valence-corrected chi connectivity index (χ2v) is 8.85. The first-order valence-corrected chi connectivity index (χ1v) is 11.1. The van der Waals surface area contributed by atoms with Gasteiger partial charge in [-0.05, 0) is 36.5 Å². The summed E-state index contributed by atoms with van der Waals surface area (Å²) in [5.41, 5.74) is 3.73. The monoisotopic (exact) mass is 466 g/mol. The summed E-state index contributed by atoms with van der Waals surface area (Å²) in [5.74, 6) is -0.182. The molecule has 1 aliphatic heterocycles. The van der Waals surface area contributed by atoms with Crippen LogP contribution in [0.25, 0.3) is 11.2 Å². The summed E-state index contributed by atoms with van der Waals surface area (Å²) in [4.78, 5) is 21.4. The molecule has 1 atom stereocenters. The summed E-state index contributed by atoms with van der Waals surface area (Å²) < 4.78 is 17.9. The summed E-state index contributed by atoms with van der Waals surface area (Å²) in [6.45, 7) is 0.870. The van der Waals surface area contributed by atoms with Gasteiger partial charge in [-0.1, -0.05) is 22.9 Å². The Labute approximate surface area is 192 Å². The Bertz CT molecular complexity index is 1410. The topological polar surface area (TPSA) is 91.7 Å². The van der Waals surface area contributed by atoms with Crippen LogP contribution in [0.5, 0.6) is 0 Å². The van der Waals surface area contributed by atoms with Gasteiger partial charge in [0.15, 0.2) is 11.9 Å². The van der Waals surface area contributed by atoms with Crippen LogP contribution in [-0.2, 0) is 17.9 Å². The number of rotatable bonds is 6. The number of pyridine rings is 2. The largest absolute Gasteiger partial charge is 0.348 e. The molecule has 33 heavy (non-hydrogen) atoms. The van der Waals surface area contributed by atoms with Gasteiger partial charge in [0.25, 0.3) is 0 Å². The number of carbonyl (C=O) groups excluding carboxylic acids is 1. The Morgan fingerprint density at radius 2 is 2.09 bits per heavy atom. The zero-order chi connectivity index (χ0) is 22.5. The van der Waals surface area contributed by atoms with E-state index in [1.54, 1.807) is 11.2 Å². The van der Waals surface area contributed by atoms with Crippen molar-refractivity contribution in [2.45, 2.75) is 37.9 Å². The molecule has 6 rings (SSSR count). The van der Waals surface area contributed by atoms with E-state index in [0.717, 1.165) is 11.3 Å². The minimum Gasteiger partial charge on any atom is -0.348 e. The molecular formula is C22H20ClFN8O. The van der Waals surface area contributed by atoms with E-state index in [1.165, 1.54) is 35.2 Å². The lowest BCUT2D eigenvalue weighted by atomic mass is 10.2. The number of nitrogens with one attached hydrogen (secondary N) is 1. The molecule has 1 N–H and O–H groups in total. The second-order valence-electron chi connectivity index (χ2n) is 8.44. The molecule has 11 heteroatoms. The van der Waals surface area contributed by atoms with E-state index in [2.05, 4.69) is 37.9 Å². The quantitative estimate of drug-likeness (QED) is 0.470. The summed E-state index contributed by atoms with van der Waals surface area (Å²) in [7, 11) is 0. The van der Waals surface area contributed by atoms with E-state index in [-0.39, 0.29) is 23.0 Å². The average molecular weight is 467 g/mol. The third-order valence-corrected chi connectivity index (χ3v) is 6.31. The predicted octanol–water partition coefficient (Wildman–Crippen LogP) is 3.52. The van der Waals surface area contributed by atoms with Crippen molar-refractivity contribution in [3.05, 3.63) is 70.9 Å².